The molecule has 0 atom stereocenters. The summed E-state index contributed by atoms with van der Waals surface area (Å²) >= 11 is 0. The van der Waals surface area contributed by atoms with Crippen molar-refractivity contribution in [2.45, 2.75) is 32.1 Å². The van der Waals surface area contributed by atoms with Crippen LogP contribution in [0.2, 0.25) is 0 Å². The first-order valence-corrected chi connectivity index (χ1v) is 13.4. The number of carbonyl (C=O) groups is 1. The van der Waals surface area contributed by atoms with Gasteiger partial charge in [0.1, 0.15) is 11.6 Å². The minimum atomic E-state index is -4.01. The zero-order valence-corrected chi connectivity index (χ0v) is 21.8. The molecule has 1 N–H and O–H groups in total. The molecule has 0 fully saturated rings. The number of para-hydroxylation sites is 1. The Morgan fingerprint density at radius 2 is 1.62 bits per heavy atom. The first kappa shape index (κ1) is 26.2. The normalized spacial score (nSPS) is 11.6. The summed E-state index contributed by atoms with van der Waals surface area (Å²) in [5, 5.41) is 7.67. The molecule has 4 aromatic rings. The molecule has 37 heavy (non-hydrogen) atoms. The number of nitrogens with one attached hydrogen (secondary N) is 1. The summed E-state index contributed by atoms with van der Waals surface area (Å²) in [7, 11) is -4.01. The Kier molecular flexibility index (Phi) is 7.85. The number of hydrogen-bond donors (Lipinski definition) is 1. The molecule has 192 valence electrons. The Hall–Kier alpha value is -3.82. The molecule has 0 radical (unpaired) electrons. The van der Waals surface area contributed by atoms with Crippen molar-refractivity contribution in [2.75, 3.05) is 18.4 Å². The van der Waals surface area contributed by atoms with Crippen LogP contribution in [-0.4, -0.2) is 41.5 Å². The third kappa shape index (κ3) is 5.63. The molecule has 7 nitrogen and oxygen atoms in total. The van der Waals surface area contributed by atoms with Gasteiger partial charge in [0.05, 0.1) is 22.8 Å². The monoisotopic (exact) mass is 520 g/mol. The van der Waals surface area contributed by atoms with Crippen LogP contribution in [0.3, 0.4) is 0 Å². The molecule has 3 aromatic carbocycles. The number of benzene rings is 3. The van der Waals surface area contributed by atoms with E-state index >= 15 is 0 Å². The van der Waals surface area contributed by atoms with E-state index in [0.29, 0.717) is 17.9 Å². The van der Waals surface area contributed by atoms with Gasteiger partial charge in [-0.25, -0.2) is 17.5 Å². The summed E-state index contributed by atoms with van der Waals surface area (Å²) in [6.45, 7) is 5.39. The number of nitrogens with zero attached hydrogens (tertiary/aromatic N) is 3. The fourth-order valence-corrected chi connectivity index (χ4v) is 5.68. The summed E-state index contributed by atoms with van der Waals surface area (Å²) in [5.74, 6) is -0.586. The summed E-state index contributed by atoms with van der Waals surface area (Å²) in [6.07, 6.45) is 0.503. The van der Waals surface area contributed by atoms with E-state index in [1.165, 1.54) is 12.1 Å². The van der Waals surface area contributed by atoms with E-state index in [1.807, 2.05) is 75.4 Å². The van der Waals surface area contributed by atoms with Gasteiger partial charge in [0, 0.05) is 12.1 Å². The number of amides is 1. The van der Waals surface area contributed by atoms with E-state index in [4.69, 9.17) is 5.10 Å². The molecule has 1 aromatic heterocycles. The van der Waals surface area contributed by atoms with Crippen LogP contribution in [0.4, 0.5) is 10.2 Å². The number of carbonyl (C=O) groups excluding carboxylic acids is 1. The van der Waals surface area contributed by atoms with Crippen molar-refractivity contribution in [1.82, 2.24) is 14.1 Å². The van der Waals surface area contributed by atoms with Crippen LogP contribution in [0.25, 0.3) is 16.8 Å². The molecule has 0 bridgehead atoms. The number of hydrogen-bond acceptors (Lipinski definition) is 4. The maximum atomic E-state index is 13.4. The topological polar surface area (TPSA) is 84.3 Å². The first-order valence-electron chi connectivity index (χ1n) is 12.0. The molecule has 0 spiro atoms. The van der Waals surface area contributed by atoms with Crippen molar-refractivity contribution in [3.8, 4) is 16.8 Å². The Morgan fingerprint density at radius 3 is 2.27 bits per heavy atom. The second-order valence-electron chi connectivity index (χ2n) is 8.71. The van der Waals surface area contributed by atoms with E-state index in [-0.39, 0.29) is 11.4 Å². The summed E-state index contributed by atoms with van der Waals surface area (Å²) in [5.41, 5.74) is 4.10. The van der Waals surface area contributed by atoms with Gasteiger partial charge in [0.2, 0.25) is 15.9 Å². The average molecular weight is 521 g/mol. The lowest BCUT2D eigenvalue weighted by atomic mass is 10.1. The minimum Gasteiger partial charge on any atom is -0.309 e. The molecule has 0 saturated carbocycles. The highest BCUT2D eigenvalue weighted by Gasteiger charge is 2.28. The quantitative estimate of drug-likeness (QED) is 0.323. The van der Waals surface area contributed by atoms with Gasteiger partial charge < -0.3 is 5.32 Å². The molecular formula is C28H29FN4O3S. The number of rotatable bonds is 9. The van der Waals surface area contributed by atoms with Gasteiger partial charge in [0.15, 0.2) is 0 Å². The number of anilines is 1. The van der Waals surface area contributed by atoms with E-state index in [9.17, 15) is 17.6 Å². The van der Waals surface area contributed by atoms with Gasteiger partial charge in [-0.2, -0.15) is 9.40 Å². The van der Waals surface area contributed by atoms with Crippen molar-refractivity contribution >= 4 is 21.7 Å². The molecule has 1 amide bonds. The second kappa shape index (κ2) is 11.1. The first-order chi connectivity index (χ1) is 17.7. The number of aromatic nitrogens is 2. The smallest absolute Gasteiger partial charge is 0.243 e. The van der Waals surface area contributed by atoms with Crippen LogP contribution in [0.15, 0.2) is 83.8 Å². The zero-order valence-electron chi connectivity index (χ0n) is 21.0. The lowest BCUT2D eigenvalue weighted by molar-refractivity contribution is -0.116. The van der Waals surface area contributed by atoms with Crippen LogP contribution in [0.1, 0.15) is 24.6 Å². The van der Waals surface area contributed by atoms with E-state index < -0.39 is 28.3 Å². The van der Waals surface area contributed by atoms with Crippen molar-refractivity contribution in [3.05, 3.63) is 95.9 Å². The average Bonchev–Trinajstić information content (AvgIpc) is 3.19. The van der Waals surface area contributed by atoms with Crippen molar-refractivity contribution < 1.29 is 17.6 Å². The fraction of sp³-hybridized carbons (Fsp3) is 0.214. The van der Waals surface area contributed by atoms with Gasteiger partial charge in [-0.15, -0.1) is 0 Å². The van der Waals surface area contributed by atoms with Crippen LogP contribution in [0, 0.1) is 19.7 Å². The van der Waals surface area contributed by atoms with Crippen LogP contribution >= 0.6 is 0 Å². The van der Waals surface area contributed by atoms with Crippen molar-refractivity contribution in [1.29, 1.82) is 0 Å². The summed E-state index contributed by atoms with van der Waals surface area (Å²) in [4.78, 5) is 13.3. The SMILES string of the molecule is CCCN(CC(=O)Nc1c(-c2ccccc2)c(C)nn1-c1ccccc1C)S(=O)(=O)c1ccc(F)cc1. The molecule has 0 saturated heterocycles. The van der Waals surface area contributed by atoms with E-state index in [0.717, 1.165) is 38.8 Å². The number of aryl methyl sites for hydroxylation is 2. The Morgan fingerprint density at radius 1 is 0.973 bits per heavy atom. The van der Waals surface area contributed by atoms with Gasteiger partial charge >= 0.3 is 0 Å². The predicted molar refractivity (Wildman–Crippen MR) is 143 cm³/mol. The third-order valence-corrected chi connectivity index (χ3v) is 7.83. The molecule has 9 heteroatoms. The minimum absolute atomic E-state index is 0.0686. The zero-order chi connectivity index (χ0) is 26.6. The summed E-state index contributed by atoms with van der Waals surface area (Å²) in [6, 6.07) is 21.9. The van der Waals surface area contributed by atoms with E-state index in [2.05, 4.69) is 5.32 Å². The fourth-order valence-electron chi connectivity index (χ4n) is 4.19. The van der Waals surface area contributed by atoms with Gasteiger partial charge in [-0.3, -0.25) is 4.79 Å². The second-order valence-corrected chi connectivity index (χ2v) is 10.7. The molecule has 0 aliphatic rings. The highest BCUT2D eigenvalue weighted by Crippen LogP contribution is 2.34. The van der Waals surface area contributed by atoms with Crippen LogP contribution in [-0.2, 0) is 14.8 Å². The van der Waals surface area contributed by atoms with Crippen LogP contribution in [0.5, 0.6) is 0 Å². The van der Waals surface area contributed by atoms with Crippen molar-refractivity contribution in [3.63, 3.8) is 0 Å². The molecule has 4 rings (SSSR count). The largest absolute Gasteiger partial charge is 0.309 e. The maximum Gasteiger partial charge on any atom is 0.243 e. The Balaban J connectivity index is 1.72. The third-order valence-electron chi connectivity index (χ3n) is 5.97. The van der Waals surface area contributed by atoms with Gasteiger partial charge in [-0.1, -0.05) is 55.5 Å². The summed E-state index contributed by atoms with van der Waals surface area (Å²) < 4.78 is 42.7. The highest BCUT2D eigenvalue weighted by atomic mass is 32.2. The molecular weight excluding hydrogens is 491 g/mol. The van der Waals surface area contributed by atoms with Crippen LogP contribution < -0.4 is 5.32 Å². The lowest BCUT2D eigenvalue weighted by Gasteiger charge is -2.22. The highest BCUT2D eigenvalue weighted by molar-refractivity contribution is 7.89. The van der Waals surface area contributed by atoms with Gasteiger partial charge in [-0.05, 0) is 61.7 Å². The lowest BCUT2D eigenvalue weighted by Crippen LogP contribution is -2.38. The number of sulfonamides is 1. The molecule has 1 heterocycles. The number of halogens is 1. The molecule has 0 aliphatic heterocycles. The van der Waals surface area contributed by atoms with Gasteiger partial charge in [0.25, 0.3) is 0 Å². The Labute approximate surface area is 216 Å². The standard InChI is InChI=1S/C28H29FN4O3S/c1-4-18-32(37(35,36)24-16-14-23(29)15-17-24)19-26(34)30-28-27(22-11-6-5-7-12-22)21(3)31-33(28)25-13-9-8-10-20(25)2/h5-17H,4,18-19H2,1-3H3,(H,30,34). The van der Waals surface area contributed by atoms with E-state index in [1.54, 1.807) is 4.68 Å². The molecule has 0 aliphatic carbocycles. The Bertz CT molecular complexity index is 1500. The predicted octanol–water partition coefficient (Wildman–Crippen LogP) is 5.33. The van der Waals surface area contributed by atoms with Crippen molar-refractivity contribution in [2.24, 2.45) is 0 Å². The maximum absolute atomic E-state index is 13.4. The molecule has 0 unspecified atom stereocenters.